The molecule has 4 heteroatoms. The van der Waals surface area contributed by atoms with E-state index in [9.17, 15) is 4.39 Å². The summed E-state index contributed by atoms with van der Waals surface area (Å²) in [6.45, 7) is 1.09. The van der Waals surface area contributed by atoms with Crippen LogP contribution >= 0.6 is 0 Å². The molecule has 0 radical (unpaired) electrons. The van der Waals surface area contributed by atoms with Crippen molar-refractivity contribution in [2.45, 2.75) is 6.42 Å². The van der Waals surface area contributed by atoms with E-state index in [0.717, 1.165) is 39.8 Å². The Morgan fingerprint density at radius 2 is 1.77 bits per heavy atom. The van der Waals surface area contributed by atoms with Crippen molar-refractivity contribution in [1.82, 2.24) is 4.98 Å². The van der Waals surface area contributed by atoms with E-state index in [-0.39, 0.29) is 5.82 Å². The van der Waals surface area contributed by atoms with Crippen molar-refractivity contribution in [1.29, 1.82) is 0 Å². The van der Waals surface area contributed by atoms with E-state index in [4.69, 9.17) is 10.5 Å². The average molecular weight is 346 g/mol. The standard InChI is InChI=1S/C22H19FN2O/c23-16-8-9-19-17-6-1-2-7-18(17)20(21(19)14-16)13-15-5-3-11-25-22(15)26-12-4-10-24/h1-3,5-9,11,13-14H,4,10,12,24H2. The van der Waals surface area contributed by atoms with Crippen LogP contribution in [0.2, 0.25) is 0 Å². The average Bonchev–Trinajstić information content (AvgIpc) is 2.96. The first kappa shape index (κ1) is 16.5. The summed E-state index contributed by atoms with van der Waals surface area (Å²) in [7, 11) is 0. The lowest BCUT2D eigenvalue weighted by molar-refractivity contribution is 0.301. The van der Waals surface area contributed by atoms with Crippen LogP contribution in [0.1, 0.15) is 23.1 Å². The second-order valence-electron chi connectivity index (χ2n) is 6.18. The molecule has 0 atom stereocenters. The number of fused-ring (bicyclic) bond motifs is 3. The molecule has 0 bridgehead atoms. The van der Waals surface area contributed by atoms with Crippen LogP contribution in [-0.4, -0.2) is 18.1 Å². The van der Waals surface area contributed by atoms with Crippen LogP contribution in [0.15, 0.2) is 60.8 Å². The van der Waals surface area contributed by atoms with Crippen molar-refractivity contribution >= 4 is 11.6 Å². The van der Waals surface area contributed by atoms with Crippen molar-refractivity contribution < 1.29 is 9.13 Å². The largest absolute Gasteiger partial charge is 0.477 e. The van der Waals surface area contributed by atoms with Crippen LogP contribution in [0.4, 0.5) is 4.39 Å². The predicted octanol–water partition coefficient (Wildman–Crippen LogP) is 4.52. The SMILES string of the molecule is NCCCOc1ncccc1C=C1c2ccccc2-c2ccc(F)cc21. The maximum Gasteiger partial charge on any atom is 0.220 e. The van der Waals surface area contributed by atoms with Gasteiger partial charge in [-0.15, -0.1) is 0 Å². The zero-order valence-corrected chi connectivity index (χ0v) is 14.3. The van der Waals surface area contributed by atoms with Crippen molar-refractivity contribution in [3.05, 3.63) is 83.3 Å². The van der Waals surface area contributed by atoms with Gasteiger partial charge in [-0.1, -0.05) is 30.3 Å². The molecule has 0 saturated heterocycles. The highest BCUT2D eigenvalue weighted by Crippen LogP contribution is 2.45. The molecule has 1 aromatic heterocycles. The third-order valence-corrected chi connectivity index (χ3v) is 4.47. The summed E-state index contributed by atoms with van der Waals surface area (Å²) in [4.78, 5) is 4.34. The molecule has 0 unspecified atom stereocenters. The highest BCUT2D eigenvalue weighted by atomic mass is 19.1. The number of nitrogens with zero attached hydrogens (tertiary/aromatic N) is 1. The van der Waals surface area contributed by atoms with Gasteiger partial charge in [0.1, 0.15) is 5.82 Å². The predicted molar refractivity (Wildman–Crippen MR) is 102 cm³/mol. The number of ether oxygens (including phenoxy) is 1. The highest BCUT2D eigenvalue weighted by Gasteiger charge is 2.23. The number of hydrogen-bond donors (Lipinski definition) is 1. The summed E-state index contributed by atoms with van der Waals surface area (Å²) in [6, 6.07) is 16.9. The van der Waals surface area contributed by atoms with Gasteiger partial charge in [-0.25, -0.2) is 9.37 Å². The summed E-state index contributed by atoms with van der Waals surface area (Å²) in [5.74, 6) is 0.323. The molecule has 1 heterocycles. The molecule has 1 aliphatic carbocycles. The normalized spacial score (nSPS) is 13.5. The topological polar surface area (TPSA) is 48.1 Å². The summed E-state index contributed by atoms with van der Waals surface area (Å²) < 4.78 is 19.7. The van der Waals surface area contributed by atoms with Gasteiger partial charge in [0.25, 0.3) is 0 Å². The Labute approximate surface area is 152 Å². The third-order valence-electron chi connectivity index (χ3n) is 4.47. The van der Waals surface area contributed by atoms with Gasteiger partial charge in [-0.2, -0.15) is 0 Å². The summed E-state index contributed by atoms with van der Waals surface area (Å²) in [5.41, 5.74) is 11.5. The lowest BCUT2D eigenvalue weighted by Gasteiger charge is -2.09. The summed E-state index contributed by atoms with van der Waals surface area (Å²) in [5, 5.41) is 0. The molecular weight excluding hydrogens is 327 g/mol. The molecule has 3 aromatic rings. The van der Waals surface area contributed by atoms with Crippen molar-refractivity contribution in [2.75, 3.05) is 13.2 Å². The zero-order valence-electron chi connectivity index (χ0n) is 14.3. The summed E-state index contributed by atoms with van der Waals surface area (Å²) >= 11 is 0. The molecule has 2 aromatic carbocycles. The van der Waals surface area contributed by atoms with Gasteiger partial charge in [-0.3, -0.25) is 0 Å². The molecule has 4 rings (SSSR count). The molecule has 0 saturated carbocycles. The third kappa shape index (κ3) is 3.00. The quantitative estimate of drug-likeness (QED) is 0.541. The Morgan fingerprint density at radius 1 is 0.962 bits per heavy atom. The van der Waals surface area contributed by atoms with Crippen LogP contribution in [0, 0.1) is 5.82 Å². The maximum atomic E-state index is 13.9. The minimum absolute atomic E-state index is 0.243. The molecule has 0 spiro atoms. The second-order valence-corrected chi connectivity index (χ2v) is 6.18. The number of rotatable bonds is 5. The highest BCUT2D eigenvalue weighted by molar-refractivity contribution is 6.06. The Morgan fingerprint density at radius 3 is 2.62 bits per heavy atom. The Hall–Kier alpha value is -2.98. The lowest BCUT2D eigenvalue weighted by Crippen LogP contribution is -2.07. The van der Waals surface area contributed by atoms with Gasteiger partial charge in [0.15, 0.2) is 0 Å². The molecule has 0 fully saturated rings. The molecule has 2 N–H and O–H groups in total. The van der Waals surface area contributed by atoms with Crippen LogP contribution in [0.3, 0.4) is 0 Å². The maximum absolute atomic E-state index is 13.9. The van der Waals surface area contributed by atoms with Crippen molar-refractivity contribution in [3.8, 4) is 17.0 Å². The monoisotopic (exact) mass is 346 g/mol. The molecule has 0 aliphatic heterocycles. The minimum Gasteiger partial charge on any atom is -0.477 e. The van der Waals surface area contributed by atoms with Gasteiger partial charge < -0.3 is 10.5 Å². The van der Waals surface area contributed by atoms with E-state index < -0.39 is 0 Å². The molecule has 0 amide bonds. The molecule has 3 nitrogen and oxygen atoms in total. The number of halogens is 1. The fourth-order valence-electron chi connectivity index (χ4n) is 3.27. The number of hydrogen-bond acceptors (Lipinski definition) is 3. The van der Waals surface area contributed by atoms with Crippen LogP contribution < -0.4 is 10.5 Å². The molecular formula is C22H19FN2O. The fourth-order valence-corrected chi connectivity index (χ4v) is 3.27. The van der Waals surface area contributed by atoms with E-state index in [1.54, 1.807) is 12.3 Å². The minimum atomic E-state index is -0.243. The van der Waals surface area contributed by atoms with Crippen LogP contribution in [0.25, 0.3) is 22.8 Å². The smallest absolute Gasteiger partial charge is 0.220 e. The second kappa shape index (κ2) is 7.10. The van der Waals surface area contributed by atoms with Gasteiger partial charge in [-0.05, 0) is 71.1 Å². The number of pyridine rings is 1. The van der Waals surface area contributed by atoms with Crippen LogP contribution in [0.5, 0.6) is 5.88 Å². The van der Waals surface area contributed by atoms with Gasteiger partial charge in [0, 0.05) is 11.8 Å². The van der Waals surface area contributed by atoms with Crippen molar-refractivity contribution in [2.24, 2.45) is 5.73 Å². The first-order valence-corrected chi connectivity index (χ1v) is 8.67. The van der Waals surface area contributed by atoms with Crippen molar-refractivity contribution in [3.63, 3.8) is 0 Å². The van der Waals surface area contributed by atoms with E-state index in [2.05, 4.69) is 17.1 Å². The number of nitrogens with two attached hydrogens (primary N) is 1. The summed E-state index contributed by atoms with van der Waals surface area (Å²) in [6.07, 6.45) is 4.49. The van der Waals surface area contributed by atoms with E-state index >= 15 is 0 Å². The van der Waals surface area contributed by atoms with Gasteiger partial charge in [0.2, 0.25) is 5.88 Å². The molecule has 26 heavy (non-hydrogen) atoms. The Bertz CT molecular complexity index is 981. The van der Waals surface area contributed by atoms with E-state index in [0.29, 0.717) is 19.0 Å². The van der Waals surface area contributed by atoms with Gasteiger partial charge >= 0.3 is 0 Å². The van der Waals surface area contributed by atoms with E-state index in [1.807, 2.05) is 36.4 Å². The Kier molecular flexibility index (Phi) is 4.50. The van der Waals surface area contributed by atoms with E-state index in [1.165, 1.54) is 6.07 Å². The first-order chi connectivity index (χ1) is 12.8. The molecule has 1 aliphatic rings. The number of aromatic nitrogens is 1. The first-order valence-electron chi connectivity index (χ1n) is 8.67. The Balaban J connectivity index is 1.82. The lowest BCUT2D eigenvalue weighted by atomic mass is 10.0. The number of benzene rings is 2. The fraction of sp³-hybridized carbons (Fsp3) is 0.136. The van der Waals surface area contributed by atoms with Crippen LogP contribution in [-0.2, 0) is 0 Å². The molecule has 130 valence electrons. The van der Waals surface area contributed by atoms with Gasteiger partial charge in [0.05, 0.1) is 6.61 Å². The zero-order chi connectivity index (χ0) is 17.9.